The summed E-state index contributed by atoms with van der Waals surface area (Å²) < 4.78 is 19.7. The number of aromatic nitrogens is 1. The van der Waals surface area contributed by atoms with Crippen molar-refractivity contribution in [2.24, 2.45) is 0 Å². The molecule has 1 saturated heterocycles. The fourth-order valence-corrected chi connectivity index (χ4v) is 3.69. The topological polar surface area (TPSA) is 58.4 Å². The van der Waals surface area contributed by atoms with Crippen molar-refractivity contribution in [2.45, 2.75) is 25.7 Å². The highest BCUT2D eigenvalue weighted by atomic mass is 35.5. The van der Waals surface area contributed by atoms with E-state index in [9.17, 15) is 9.18 Å². The number of hydrogen-bond donors (Lipinski definition) is 1. The largest absolute Gasteiger partial charge is 0.441 e. The lowest BCUT2D eigenvalue weighted by Gasteiger charge is -2.18. The Morgan fingerprint density at radius 2 is 2.00 bits per heavy atom. The van der Waals surface area contributed by atoms with Crippen LogP contribution in [0.1, 0.15) is 25.2 Å². The van der Waals surface area contributed by atoms with Gasteiger partial charge in [-0.15, -0.1) is 0 Å². The van der Waals surface area contributed by atoms with Crippen LogP contribution in [0.5, 0.6) is 0 Å². The molecule has 1 aliphatic heterocycles. The highest BCUT2D eigenvalue weighted by Crippen LogP contribution is 2.28. The van der Waals surface area contributed by atoms with E-state index in [4.69, 9.17) is 16.0 Å². The van der Waals surface area contributed by atoms with Gasteiger partial charge in [-0.3, -0.25) is 4.79 Å². The maximum absolute atomic E-state index is 14.0. The zero-order valence-corrected chi connectivity index (χ0v) is 16.6. The summed E-state index contributed by atoms with van der Waals surface area (Å²) in [4.78, 5) is 18.7. The van der Waals surface area contributed by atoms with Crippen LogP contribution in [0.2, 0.25) is 5.02 Å². The molecule has 7 heteroatoms. The van der Waals surface area contributed by atoms with E-state index in [0.717, 1.165) is 37.2 Å². The molecule has 0 aliphatic carbocycles. The number of hydrogen-bond acceptors (Lipinski definition) is 4. The molecule has 0 spiro atoms. The van der Waals surface area contributed by atoms with Gasteiger partial charge in [-0.2, -0.15) is 0 Å². The number of carbonyl (C=O) groups excluding carboxylic acids is 1. The van der Waals surface area contributed by atoms with Gasteiger partial charge in [-0.05, 0) is 43.2 Å². The van der Waals surface area contributed by atoms with E-state index in [0.29, 0.717) is 28.8 Å². The average Bonchev–Trinajstić information content (AvgIpc) is 3.39. The molecule has 0 saturated carbocycles. The number of amides is 1. The first-order valence-electron chi connectivity index (χ1n) is 9.63. The SMILES string of the molecule is O=C(CCc1ncc(-c2ccccc2Cl)o1)Nc1cc(F)cc(N2CCCC2)c1. The van der Waals surface area contributed by atoms with Crippen LogP contribution in [0.4, 0.5) is 15.8 Å². The van der Waals surface area contributed by atoms with Gasteiger partial charge in [0.05, 0.1) is 11.2 Å². The molecule has 2 aromatic carbocycles. The summed E-state index contributed by atoms with van der Waals surface area (Å²) in [5, 5.41) is 3.35. The maximum atomic E-state index is 14.0. The van der Waals surface area contributed by atoms with Crippen LogP contribution in [0.3, 0.4) is 0 Å². The number of nitrogens with one attached hydrogen (secondary N) is 1. The van der Waals surface area contributed by atoms with Gasteiger partial charge in [0.25, 0.3) is 0 Å². The first-order valence-corrected chi connectivity index (χ1v) is 10.0. The van der Waals surface area contributed by atoms with Crippen LogP contribution < -0.4 is 10.2 Å². The minimum atomic E-state index is -0.359. The molecule has 1 aromatic heterocycles. The Morgan fingerprint density at radius 1 is 1.21 bits per heavy atom. The summed E-state index contributed by atoms with van der Waals surface area (Å²) >= 11 is 6.17. The number of oxazole rings is 1. The van der Waals surface area contributed by atoms with Crippen molar-refractivity contribution in [1.29, 1.82) is 0 Å². The number of carbonyl (C=O) groups is 1. The lowest BCUT2D eigenvalue weighted by molar-refractivity contribution is -0.116. The molecule has 1 fully saturated rings. The van der Waals surface area contributed by atoms with E-state index in [1.807, 2.05) is 24.3 Å². The Hall–Kier alpha value is -2.86. The minimum Gasteiger partial charge on any atom is -0.441 e. The van der Waals surface area contributed by atoms with Crippen molar-refractivity contribution in [3.05, 3.63) is 65.4 Å². The maximum Gasteiger partial charge on any atom is 0.224 e. The number of halogens is 2. The number of benzene rings is 2. The van der Waals surface area contributed by atoms with E-state index in [-0.39, 0.29) is 18.1 Å². The third kappa shape index (κ3) is 4.77. The third-order valence-corrected chi connectivity index (χ3v) is 5.23. The summed E-state index contributed by atoms with van der Waals surface area (Å²) in [6, 6.07) is 12.0. The standard InChI is InChI=1S/C22H21ClFN3O2/c23-19-6-2-1-5-18(19)20-14-25-22(29-20)8-7-21(28)26-16-11-15(24)12-17(13-16)27-9-3-4-10-27/h1-2,5-6,11-14H,3-4,7-10H2,(H,26,28). The van der Waals surface area contributed by atoms with Gasteiger partial charge in [-0.25, -0.2) is 9.37 Å². The van der Waals surface area contributed by atoms with Crippen molar-refractivity contribution in [3.63, 3.8) is 0 Å². The van der Waals surface area contributed by atoms with Crippen LogP contribution in [-0.4, -0.2) is 24.0 Å². The summed E-state index contributed by atoms with van der Waals surface area (Å²) in [5.74, 6) is 0.431. The second kappa shape index (κ2) is 8.66. The molecule has 1 aliphatic rings. The number of rotatable bonds is 6. The number of anilines is 2. The Labute approximate surface area is 173 Å². The normalized spacial score (nSPS) is 13.7. The molecule has 1 amide bonds. The molecular weight excluding hydrogens is 393 g/mol. The van der Waals surface area contributed by atoms with Crippen LogP contribution in [0.25, 0.3) is 11.3 Å². The quantitative estimate of drug-likeness (QED) is 0.595. The van der Waals surface area contributed by atoms with Gasteiger partial charge in [0.15, 0.2) is 11.7 Å². The third-order valence-electron chi connectivity index (χ3n) is 4.90. The Morgan fingerprint density at radius 3 is 2.79 bits per heavy atom. The molecule has 3 aromatic rings. The van der Waals surface area contributed by atoms with Gasteiger partial charge in [0.2, 0.25) is 5.91 Å². The zero-order chi connectivity index (χ0) is 20.2. The van der Waals surface area contributed by atoms with Crippen LogP contribution in [0.15, 0.2) is 53.1 Å². The van der Waals surface area contributed by atoms with Crippen molar-refractivity contribution < 1.29 is 13.6 Å². The second-order valence-electron chi connectivity index (χ2n) is 7.04. The van der Waals surface area contributed by atoms with Gasteiger partial charge in [-0.1, -0.05) is 23.7 Å². The predicted octanol–water partition coefficient (Wildman–Crippen LogP) is 5.31. The molecular formula is C22H21ClFN3O2. The van der Waals surface area contributed by atoms with Crippen LogP contribution in [-0.2, 0) is 11.2 Å². The summed E-state index contributed by atoms with van der Waals surface area (Å²) in [6.45, 7) is 1.82. The average molecular weight is 414 g/mol. The van der Waals surface area contributed by atoms with Crippen molar-refractivity contribution in [2.75, 3.05) is 23.3 Å². The fourth-order valence-electron chi connectivity index (χ4n) is 3.46. The molecule has 0 atom stereocenters. The molecule has 5 nitrogen and oxygen atoms in total. The lowest BCUT2D eigenvalue weighted by Crippen LogP contribution is -2.18. The molecule has 29 heavy (non-hydrogen) atoms. The van der Waals surface area contributed by atoms with E-state index in [1.54, 1.807) is 12.3 Å². The minimum absolute atomic E-state index is 0.179. The van der Waals surface area contributed by atoms with E-state index >= 15 is 0 Å². The monoisotopic (exact) mass is 413 g/mol. The molecule has 150 valence electrons. The number of nitrogens with zero attached hydrogens (tertiary/aromatic N) is 2. The van der Waals surface area contributed by atoms with Crippen LogP contribution >= 0.6 is 11.6 Å². The van der Waals surface area contributed by atoms with E-state index in [2.05, 4.69) is 15.2 Å². The number of aryl methyl sites for hydroxylation is 1. The van der Waals surface area contributed by atoms with E-state index in [1.165, 1.54) is 12.1 Å². The molecule has 4 rings (SSSR count). The van der Waals surface area contributed by atoms with Gasteiger partial charge >= 0.3 is 0 Å². The molecule has 0 radical (unpaired) electrons. The molecule has 0 unspecified atom stereocenters. The molecule has 0 bridgehead atoms. The van der Waals surface area contributed by atoms with Crippen molar-refractivity contribution >= 4 is 28.9 Å². The first kappa shape index (κ1) is 19.5. The Kier molecular flexibility index (Phi) is 5.81. The predicted molar refractivity (Wildman–Crippen MR) is 112 cm³/mol. The molecule has 1 N–H and O–H groups in total. The van der Waals surface area contributed by atoms with Crippen LogP contribution in [0, 0.1) is 5.82 Å². The summed E-state index contributed by atoms with van der Waals surface area (Å²) in [6.07, 6.45) is 4.32. The lowest BCUT2D eigenvalue weighted by atomic mass is 10.2. The summed E-state index contributed by atoms with van der Waals surface area (Å²) in [5.41, 5.74) is 2.02. The van der Waals surface area contributed by atoms with Crippen molar-refractivity contribution in [1.82, 2.24) is 4.98 Å². The van der Waals surface area contributed by atoms with E-state index < -0.39 is 0 Å². The molecule has 2 heterocycles. The summed E-state index contributed by atoms with van der Waals surface area (Å²) in [7, 11) is 0. The van der Waals surface area contributed by atoms with Gasteiger partial charge in [0, 0.05) is 42.9 Å². The van der Waals surface area contributed by atoms with Gasteiger partial charge in [0.1, 0.15) is 5.82 Å². The van der Waals surface area contributed by atoms with Crippen molar-refractivity contribution in [3.8, 4) is 11.3 Å². The Bertz CT molecular complexity index is 1010. The highest BCUT2D eigenvalue weighted by Gasteiger charge is 2.15. The Balaban J connectivity index is 1.37. The second-order valence-corrected chi connectivity index (χ2v) is 7.45. The van der Waals surface area contributed by atoms with Gasteiger partial charge < -0.3 is 14.6 Å². The smallest absolute Gasteiger partial charge is 0.224 e. The highest BCUT2D eigenvalue weighted by molar-refractivity contribution is 6.33. The fraction of sp³-hybridized carbons (Fsp3) is 0.273. The first-order chi connectivity index (χ1) is 14.1. The zero-order valence-electron chi connectivity index (χ0n) is 15.8.